The predicted octanol–water partition coefficient (Wildman–Crippen LogP) is 5.01. The molecule has 8 heteroatoms. The van der Waals surface area contributed by atoms with E-state index in [-0.39, 0.29) is 10.5 Å². The lowest BCUT2D eigenvalue weighted by Crippen LogP contribution is -2.22. The summed E-state index contributed by atoms with van der Waals surface area (Å²) in [6, 6.07) is 2.26. The van der Waals surface area contributed by atoms with Crippen LogP contribution in [-0.4, -0.2) is 28.4 Å². The van der Waals surface area contributed by atoms with Crippen molar-refractivity contribution in [1.82, 2.24) is 0 Å². The quantitative estimate of drug-likeness (QED) is 0.309. The second-order valence-corrected chi connectivity index (χ2v) is 12.5. The van der Waals surface area contributed by atoms with Crippen LogP contribution in [0.1, 0.15) is 34.1 Å². The number of rotatable bonds is 10. The van der Waals surface area contributed by atoms with E-state index in [9.17, 15) is 5.26 Å². The third kappa shape index (κ3) is 7.57. The molecule has 0 fully saturated rings. The molecule has 0 aromatic heterocycles. The molecule has 2 atom stereocenters. The normalized spacial score (nSPS) is 16.6. The molecule has 0 rings (SSSR count). The third-order valence-corrected chi connectivity index (χ3v) is 10.6. The van der Waals surface area contributed by atoms with E-state index in [0.717, 1.165) is 6.42 Å². The van der Waals surface area contributed by atoms with Crippen LogP contribution >= 0.6 is 40.4 Å². The van der Waals surface area contributed by atoms with E-state index in [4.69, 9.17) is 32.5 Å². The van der Waals surface area contributed by atoms with Crippen molar-refractivity contribution < 1.29 is 9.05 Å². The molecule has 0 spiro atoms. The molecule has 19 heavy (non-hydrogen) atoms. The molecule has 0 saturated heterocycles. The van der Waals surface area contributed by atoms with Gasteiger partial charge in [-0.15, -0.1) is 23.4 Å². The Hall–Kier alpha value is 1.05. The van der Waals surface area contributed by atoms with Crippen molar-refractivity contribution in [2.75, 3.05) is 19.1 Å². The first-order valence-electron chi connectivity index (χ1n) is 6.11. The number of halogens is 1. The largest absolute Gasteiger partial charge is 0.322 e. The summed E-state index contributed by atoms with van der Waals surface area (Å²) in [5.41, 5.74) is -2.32. The second-order valence-electron chi connectivity index (χ2n) is 3.82. The maximum Gasteiger partial charge on any atom is 0.248 e. The lowest BCUT2D eigenvalue weighted by Gasteiger charge is -2.28. The fourth-order valence-electron chi connectivity index (χ4n) is 1.12. The number of alkyl halides is 1. The highest BCUT2D eigenvalue weighted by Gasteiger charge is 2.32. The SMILES string of the molecule is CCOP(=S)(OCC)SC(CC)SC(C)(C#N)CCl. The highest BCUT2D eigenvalue weighted by Crippen LogP contribution is 2.65. The lowest BCUT2D eigenvalue weighted by atomic mass is 10.2. The fourth-order valence-corrected chi connectivity index (χ4v) is 10.1. The maximum absolute atomic E-state index is 9.19. The van der Waals surface area contributed by atoms with Gasteiger partial charge in [0.25, 0.3) is 0 Å². The van der Waals surface area contributed by atoms with Crippen LogP contribution < -0.4 is 0 Å². The Morgan fingerprint density at radius 2 is 1.89 bits per heavy atom. The average molecular weight is 362 g/mol. The first kappa shape index (κ1) is 20.1. The zero-order chi connectivity index (χ0) is 14.9. The van der Waals surface area contributed by atoms with Crippen LogP contribution in [0.25, 0.3) is 0 Å². The van der Waals surface area contributed by atoms with Crippen LogP contribution in [0.5, 0.6) is 0 Å². The zero-order valence-electron chi connectivity index (χ0n) is 11.7. The average Bonchev–Trinajstić information content (AvgIpc) is 2.38. The van der Waals surface area contributed by atoms with Crippen LogP contribution in [0.4, 0.5) is 0 Å². The standard InChI is InChI=1S/C11H21ClNO2PS3/c1-5-10(18-11(4,8-12)9-13)19-16(17,14-6-2)15-7-3/h10H,5-8H2,1-4H3. The van der Waals surface area contributed by atoms with Gasteiger partial charge in [-0.25, -0.2) is 0 Å². The van der Waals surface area contributed by atoms with Gasteiger partial charge in [0, 0.05) is 0 Å². The minimum atomic E-state index is -2.32. The van der Waals surface area contributed by atoms with E-state index < -0.39 is 10.4 Å². The minimum Gasteiger partial charge on any atom is -0.322 e. The minimum absolute atomic E-state index is 0.146. The van der Waals surface area contributed by atoms with Gasteiger partial charge in [-0.1, -0.05) is 18.3 Å². The highest BCUT2D eigenvalue weighted by atomic mass is 35.5. The van der Waals surface area contributed by atoms with E-state index in [2.05, 4.69) is 13.0 Å². The van der Waals surface area contributed by atoms with Gasteiger partial charge in [-0.3, -0.25) is 0 Å². The van der Waals surface area contributed by atoms with Crippen molar-refractivity contribution in [2.45, 2.75) is 43.4 Å². The van der Waals surface area contributed by atoms with Gasteiger partial charge >= 0.3 is 0 Å². The van der Waals surface area contributed by atoms with E-state index >= 15 is 0 Å². The Morgan fingerprint density at radius 3 is 2.21 bits per heavy atom. The molecule has 2 unspecified atom stereocenters. The molecular weight excluding hydrogens is 341 g/mol. The van der Waals surface area contributed by atoms with E-state index in [1.54, 1.807) is 11.8 Å². The number of hydrogen-bond acceptors (Lipinski definition) is 6. The zero-order valence-corrected chi connectivity index (χ0v) is 15.8. The van der Waals surface area contributed by atoms with Gasteiger partial charge in [0.1, 0.15) is 4.75 Å². The molecule has 3 nitrogen and oxygen atoms in total. The van der Waals surface area contributed by atoms with Crippen LogP contribution in [0, 0.1) is 11.3 Å². The number of hydrogen-bond donors (Lipinski definition) is 0. The number of thioether (sulfide) groups is 1. The Kier molecular flexibility index (Phi) is 10.4. The smallest absolute Gasteiger partial charge is 0.248 e. The van der Waals surface area contributed by atoms with Gasteiger partial charge < -0.3 is 9.05 Å². The molecule has 0 aliphatic rings. The van der Waals surface area contributed by atoms with Gasteiger partial charge in [-0.2, -0.15) is 5.26 Å². The molecule has 0 aliphatic heterocycles. The van der Waals surface area contributed by atoms with Gasteiger partial charge in [0.2, 0.25) is 5.69 Å². The maximum atomic E-state index is 9.19. The summed E-state index contributed by atoms with van der Waals surface area (Å²) in [7, 11) is 0. The molecule has 0 heterocycles. The summed E-state index contributed by atoms with van der Waals surface area (Å²) in [4.78, 5) is 0. The van der Waals surface area contributed by atoms with Crippen molar-refractivity contribution in [3.05, 3.63) is 0 Å². The van der Waals surface area contributed by atoms with E-state index in [0.29, 0.717) is 13.2 Å². The summed E-state index contributed by atoms with van der Waals surface area (Å²) in [6.07, 6.45) is 0.877. The summed E-state index contributed by atoms with van der Waals surface area (Å²) in [6.45, 7) is 8.81. The monoisotopic (exact) mass is 361 g/mol. The molecule has 0 bridgehead atoms. The van der Waals surface area contributed by atoms with Crippen molar-refractivity contribution in [1.29, 1.82) is 5.26 Å². The topological polar surface area (TPSA) is 42.2 Å². The molecule has 0 aliphatic carbocycles. The molecule has 0 N–H and O–H groups in total. The molecule has 0 saturated carbocycles. The van der Waals surface area contributed by atoms with Crippen molar-refractivity contribution >= 4 is 52.2 Å². The number of nitriles is 1. The first-order chi connectivity index (χ1) is 8.88. The summed E-state index contributed by atoms with van der Waals surface area (Å²) < 4.78 is 10.8. The summed E-state index contributed by atoms with van der Waals surface area (Å²) >= 11 is 14.5. The molecule has 112 valence electrons. The van der Waals surface area contributed by atoms with Crippen LogP contribution in [0.3, 0.4) is 0 Å². The third-order valence-electron chi connectivity index (χ3n) is 2.04. The van der Waals surface area contributed by atoms with E-state index in [1.807, 2.05) is 20.8 Å². The molecule has 0 aromatic rings. The molecule has 0 radical (unpaired) electrons. The Morgan fingerprint density at radius 1 is 1.37 bits per heavy atom. The first-order valence-corrected chi connectivity index (χ1v) is 11.6. The van der Waals surface area contributed by atoms with Crippen molar-refractivity contribution in [2.24, 2.45) is 0 Å². The van der Waals surface area contributed by atoms with Gasteiger partial charge in [-0.05, 0) is 39.0 Å². The molecule has 0 amide bonds. The highest BCUT2D eigenvalue weighted by molar-refractivity contribution is 8.69. The van der Waals surface area contributed by atoms with Crippen molar-refractivity contribution in [3.8, 4) is 6.07 Å². The molecule has 0 aromatic carbocycles. The van der Waals surface area contributed by atoms with E-state index in [1.165, 1.54) is 11.4 Å². The van der Waals surface area contributed by atoms with Crippen LogP contribution in [-0.2, 0) is 20.9 Å². The van der Waals surface area contributed by atoms with Crippen LogP contribution in [0.15, 0.2) is 0 Å². The van der Waals surface area contributed by atoms with Crippen LogP contribution in [0.2, 0.25) is 0 Å². The summed E-state index contributed by atoms with van der Waals surface area (Å²) in [5.74, 6) is 0.289. The molecular formula is C11H21ClNO2PS3. The van der Waals surface area contributed by atoms with Gasteiger partial charge in [0.15, 0.2) is 0 Å². The Balaban J connectivity index is 4.78. The van der Waals surface area contributed by atoms with Gasteiger partial charge in [0.05, 0.1) is 29.7 Å². The Labute approximate surface area is 135 Å². The Bertz CT molecular complexity index is 343. The predicted molar refractivity (Wildman–Crippen MR) is 91.5 cm³/mol. The summed E-state index contributed by atoms with van der Waals surface area (Å²) in [5, 5.41) is 9.19. The second kappa shape index (κ2) is 9.89. The fraction of sp³-hybridized carbons (Fsp3) is 0.909. The van der Waals surface area contributed by atoms with Crippen molar-refractivity contribution in [3.63, 3.8) is 0 Å². The lowest BCUT2D eigenvalue weighted by molar-refractivity contribution is 0.280. The number of nitrogens with zero attached hydrogens (tertiary/aromatic N) is 1.